The van der Waals surface area contributed by atoms with Crippen LogP contribution >= 0.6 is 0 Å². The largest absolute Gasteiger partial charge is 0.299 e. The first kappa shape index (κ1) is 14.7. The van der Waals surface area contributed by atoms with E-state index < -0.39 is 0 Å². The fraction of sp³-hybridized carbons (Fsp3) is 0.562. The molecule has 108 valence electrons. The van der Waals surface area contributed by atoms with Crippen molar-refractivity contribution in [2.24, 2.45) is 5.92 Å². The van der Waals surface area contributed by atoms with Crippen LogP contribution in [0.1, 0.15) is 49.1 Å². The van der Waals surface area contributed by atoms with Gasteiger partial charge in [-0.15, -0.1) is 0 Å². The van der Waals surface area contributed by atoms with Crippen LogP contribution in [0.4, 0.5) is 0 Å². The standard InChI is InChI=1S/C16H21NO3/c1-12-7-9-13(10-8-12)15(11-17(19)20)14-5-3-2-4-6-16(14)18/h7-10,14-15H,2-6,11H2,1H3/t14-,15-/m0/s1. The van der Waals surface area contributed by atoms with Crippen molar-refractivity contribution in [3.8, 4) is 0 Å². The monoisotopic (exact) mass is 275 g/mol. The Hall–Kier alpha value is -1.71. The first-order valence-electron chi connectivity index (χ1n) is 7.29. The summed E-state index contributed by atoms with van der Waals surface area (Å²) in [5.41, 5.74) is 2.05. The number of hydrogen-bond donors (Lipinski definition) is 0. The molecule has 2 rings (SSSR count). The van der Waals surface area contributed by atoms with Gasteiger partial charge in [0.15, 0.2) is 0 Å². The number of hydrogen-bond acceptors (Lipinski definition) is 3. The minimum Gasteiger partial charge on any atom is -0.299 e. The maximum absolute atomic E-state index is 12.3. The molecule has 1 saturated carbocycles. The number of rotatable bonds is 4. The Morgan fingerprint density at radius 1 is 1.25 bits per heavy atom. The maximum atomic E-state index is 12.3. The van der Waals surface area contributed by atoms with Crippen molar-refractivity contribution in [3.63, 3.8) is 0 Å². The van der Waals surface area contributed by atoms with Crippen molar-refractivity contribution in [2.75, 3.05) is 6.54 Å². The third-order valence-electron chi connectivity index (χ3n) is 4.19. The number of carbonyl (C=O) groups excluding carboxylic acids is 1. The number of nitrogens with zero attached hydrogens (tertiary/aromatic N) is 1. The van der Waals surface area contributed by atoms with E-state index in [1.54, 1.807) is 0 Å². The molecular formula is C16H21NO3. The van der Waals surface area contributed by atoms with Crippen LogP contribution in [-0.2, 0) is 4.79 Å². The smallest absolute Gasteiger partial charge is 0.211 e. The Kier molecular flexibility index (Phi) is 4.88. The van der Waals surface area contributed by atoms with E-state index in [4.69, 9.17) is 0 Å². The van der Waals surface area contributed by atoms with Crippen molar-refractivity contribution in [2.45, 2.75) is 44.9 Å². The molecule has 1 fully saturated rings. The van der Waals surface area contributed by atoms with E-state index in [9.17, 15) is 14.9 Å². The second kappa shape index (κ2) is 6.64. The van der Waals surface area contributed by atoms with Gasteiger partial charge in [0.2, 0.25) is 6.54 Å². The Labute approximate surface area is 119 Å². The summed E-state index contributed by atoms with van der Waals surface area (Å²) in [6.45, 7) is 1.84. The van der Waals surface area contributed by atoms with Gasteiger partial charge in [0.25, 0.3) is 0 Å². The van der Waals surface area contributed by atoms with Gasteiger partial charge in [-0.3, -0.25) is 14.9 Å². The fourth-order valence-electron chi connectivity index (χ4n) is 3.05. The van der Waals surface area contributed by atoms with E-state index in [0.717, 1.165) is 36.8 Å². The molecule has 4 heteroatoms. The summed E-state index contributed by atoms with van der Waals surface area (Å²) in [6, 6.07) is 7.79. The molecule has 0 N–H and O–H groups in total. The molecule has 4 nitrogen and oxygen atoms in total. The summed E-state index contributed by atoms with van der Waals surface area (Å²) in [5, 5.41) is 11.0. The van der Waals surface area contributed by atoms with Gasteiger partial charge >= 0.3 is 0 Å². The summed E-state index contributed by atoms with van der Waals surface area (Å²) in [6.07, 6.45) is 4.34. The molecule has 0 bridgehead atoms. The molecule has 0 saturated heterocycles. The summed E-state index contributed by atoms with van der Waals surface area (Å²) in [7, 11) is 0. The van der Waals surface area contributed by atoms with Gasteiger partial charge in [-0.25, -0.2) is 0 Å². The van der Waals surface area contributed by atoms with E-state index in [2.05, 4.69) is 0 Å². The molecule has 20 heavy (non-hydrogen) atoms. The summed E-state index contributed by atoms with van der Waals surface area (Å²) in [5.74, 6) is -0.267. The van der Waals surface area contributed by atoms with Gasteiger partial charge in [-0.2, -0.15) is 0 Å². The molecule has 1 aliphatic carbocycles. The average molecular weight is 275 g/mol. The maximum Gasteiger partial charge on any atom is 0.211 e. The molecule has 1 aromatic carbocycles. The molecule has 0 aliphatic heterocycles. The fourth-order valence-corrected chi connectivity index (χ4v) is 3.05. The number of carbonyl (C=O) groups is 1. The quantitative estimate of drug-likeness (QED) is 0.480. The normalized spacial score (nSPS) is 21.2. The van der Waals surface area contributed by atoms with Crippen LogP contribution in [-0.4, -0.2) is 17.3 Å². The van der Waals surface area contributed by atoms with Gasteiger partial charge in [-0.05, 0) is 25.3 Å². The van der Waals surface area contributed by atoms with Crippen LogP contribution in [0.15, 0.2) is 24.3 Å². The van der Waals surface area contributed by atoms with Crippen LogP contribution in [0.5, 0.6) is 0 Å². The Morgan fingerprint density at radius 3 is 2.60 bits per heavy atom. The van der Waals surface area contributed by atoms with E-state index >= 15 is 0 Å². The van der Waals surface area contributed by atoms with Crippen molar-refractivity contribution in [3.05, 3.63) is 45.5 Å². The minimum atomic E-state index is -0.289. The lowest BCUT2D eigenvalue weighted by molar-refractivity contribution is -0.484. The molecule has 0 heterocycles. The topological polar surface area (TPSA) is 60.2 Å². The van der Waals surface area contributed by atoms with Crippen LogP contribution < -0.4 is 0 Å². The van der Waals surface area contributed by atoms with Crippen LogP contribution in [0.25, 0.3) is 0 Å². The van der Waals surface area contributed by atoms with Gasteiger partial charge in [0.1, 0.15) is 5.78 Å². The molecule has 0 spiro atoms. The molecule has 0 amide bonds. The number of ketones is 1. The molecule has 1 aliphatic rings. The molecular weight excluding hydrogens is 254 g/mol. The zero-order valence-electron chi connectivity index (χ0n) is 11.9. The van der Waals surface area contributed by atoms with E-state index in [0.29, 0.717) is 6.42 Å². The van der Waals surface area contributed by atoms with E-state index in [1.165, 1.54) is 0 Å². The van der Waals surface area contributed by atoms with E-state index in [1.807, 2.05) is 31.2 Å². The van der Waals surface area contributed by atoms with Crippen molar-refractivity contribution >= 4 is 5.78 Å². The predicted octanol–water partition coefficient (Wildman–Crippen LogP) is 3.50. The Bertz CT molecular complexity index is 481. The predicted molar refractivity (Wildman–Crippen MR) is 77.4 cm³/mol. The first-order valence-corrected chi connectivity index (χ1v) is 7.29. The highest BCUT2D eigenvalue weighted by Crippen LogP contribution is 2.33. The number of aryl methyl sites for hydroxylation is 1. The lowest BCUT2D eigenvalue weighted by Gasteiger charge is -2.22. The second-order valence-electron chi connectivity index (χ2n) is 5.70. The molecule has 0 unspecified atom stereocenters. The highest BCUT2D eigenvalue weighted by molar-refractivity contribution is 5.82. The molecule has 2 atom stereocenters. The summed E-state index contributed by atoms with van der Waals surface area (Å²) >= 11 is 0. The second-order valence-corrected chi connectivity index (χ2v) is 5.70. The van der Waals surface area contributed by atoms with Gasteiger partial charge < -0.3 is 0 Å². The summed E-state index contributed by atoms with van der Waals surface area (Å²) < 4.78 is 0. The average Bonchev–Trinajstić information content (AvgIpc) is 2.62. The third kappa shape index (κ3) is 3.65. The zero-order chi connectivity index (χ0) is 14.5. The highest BCUT2D eigenvalue weighted by atomic mass is 16.6. The highest BCUT2D eigenvalue weighted by Gasteiger charge is 2.33. The number of Topliss-reactive ketones (excluding diaryl/α,β-unsaturated/α-hetero) is 1. The van der Waals surface area contributed by atoms with Crippen molar-refractivity contribution in [1.29, 1.82) is 0 Å². The van der Waals surface area contributed by atoms with Crippen LogP contribution in [0, 0.1) is 23.0 Å². The van der Waals surface area contributed by atoms with E-state index in [-0.39, 0.29) is 29.1 Å². The van der Waals surface area contributed by atoms with Crippen LogP contribution in [0.2, 0.25) is 0 Å². The Morgan fingerprint density at radius 2 is 1.95 bits per heavy atom. The molecule has 0 radical (unpaired) electrons. The minimum absolute atomic E-state index is 0.153. The van der Waals surface area contributed by atoms with Gasteiger partial charge in [-0.1, -0.05) is 42.7 Å². The zero-order valence-corrected chi connectivity index (χ0v) is 11.9. The lowest BCUT2D eigenvalue weighted by Crippen LogP contribution is -2.27. The molecule has 1 aromatic rings. The SMILES string of the molecule is Cc1ccc([C@H](C[N+](=O)[O-])[C@@H]2CCCCCC2=O)cc1. The van der Waals surface area contributed by atoms with Crippen LogP contribution in [0.3, 0.4) is 0 Å². The van der Waals surface area contributed by atoms with Crippen molar-refractivity contribution < 1.29 is 9.72 Å². The Balaban J connectivity index is 2.28. The third-order valence-corrected chi connectivity index (χ3v) is 4.19. The van der Waals surface area contributed by atoms with Gasteiger partial charge in [0, 0.05) is 17.3 Å². The van der Waals surface area contributed by atoms with Gasteiger partial charge in [0.05, 0.1) is 5.92 Å². The first-order chi connectivity index (χ1) is 9.58. The number of nitro groups is 1. The summed E-state index contributed by atoms with van der Waals surface area (Å²) in [4.78, 5) is 22.9. The molecule has 0 aromatic heterocycles. The van der Waals surface area contributed by atoms with Crippen molar-refractivity contribution in [1.82, 2.24) is 0 Å². The lowest BCUT2D eigenvalue weighted by atomic mass is 9.80. The number of benzene rings is 1.